The molecule has 0 saturated heterocycles. The third-order valence-electron chi connectivity index (χ3n) is 3.16. The van der Waals surface area contributed by atoms with E-state index in [1.54, 1.807) is 12.1 Å². The van der Waals surface area contributed by atoms with E-state index in [2.05, 4.69) is 10.3 Å². The number of rotatable bonds is 5. The zero-order valence-electron chi connectivity index (χ0n) is 12.9. The van der Waals surface area contributed by atoms with Gasteiger partial charge in [0.2, 0.25) is 0 Å². The highest BCUT2D eigenvalue weighted by Gasteiger charge is 2.20. The molecule has 5 heteroatoms. The summed E-state index contributed by atoms with van der Waals surface area (Å²) in [5, 5.41) is 3.26. The largest absolute Gasteiger partial charge is 0.479 e. The molecular formula is C17H19ClN2O2. The van der Waals surface area contributed by atoms with Crippen LogP contribution in [0.15, 0.2) is 36.4 Å². The highest BCUT2D eigenvalue weighted by Crippen LogP contribution is 2.27. The number of hydrogen-bond donors (Lipinski definition) is 1. The van der Waals surface area contributed by atoms with Crippen LogP contribution >= 0.6 is 11.6 Å². The van der Waals surface area contributed by atoms with Crippen molar-refractivity contribution in [3.05, 3.63) is 52.7 Å². The summed E-state index contributed by atoms with van der Waals surface area (Å²) in [5.74, 6) is 0.793. The van der Waals surface area contributed by atoms with Crippen LogP contribution < -0.4 is 10.1 Å². The second kappa shape index (κ2) is 7.27. The van der Waals surface area contributed by atoms with Crippen molar-refractivity contribution >= 4 is 23.3 Å². The quantitative estimate of drug-likeness (QED) is 0.901. The van der Waals surface area contributed by atoms with Crippen LogP contribution in [0.25, 0.3) is 0 Å². The SMILES string of the molecule is CC[C@H](Oc1cc(C)ccc1Cl)C(=O)Nc1cccc(C)n1. The smallest absolute Gasteiger partial charge is 0.266 e. The van der Waals surface area contributed by atoms with Crippen molar-refractivity contribution in [1.29, 1.82) is 0 Å². The van der Waals surface area contributed by atoms with Crippen molar-refractivity contribution in [2.45, 2.75) is 33.3 Å². The Kier molecular flexibility index (Phi) is 5.39. The Morgan fingerprint density at radius 3 is 2.77 bits per heavy atom. The van der Waals surface area contributed by atoms with Crippen LogP contribution in [0.3, 0.4) is 0 Å². The monoisotopic (exact) mass is 318 g/mol. The lowest BCUT2D eigenvalue weighted by Gasteiger charge is -2.18. The second-order valence-corrected chi connectivity index (χ2v) is 5.51. The van der Waals surface area contributed by atoms with Gasteiger partial charge in [0.05, 0.1) is 5.02 Å². The molecule has 1 amide bonds. The molecule has 2 aromatic rings. The van der Waals surface area contributed by atoms with E-state index < -0.39 is 6.10 Å². The molecule has 0 aliphatic heterocycles. The number of amides is 1. The molecule has 1 aromatic carbocycles. The van der Waals surface area contributed by atoms with E-state index >= 15 is 0 Å². The first kappa shape index (κ1) is 16.3. The first-order chi connectivity index (χ1) is 10.5. The van der Waals surface area contributed by atoms with E-state index in [-0.39, 0.29) is 5.91 Å². The number of aromatic nitrogens is 1. The van der Waals surface area contributed by atoms with Crippen LogP contribution in [0.2, 0.25) is 5.02 Å². The molecule has 0 unspecified atom stereocenters. The van der Waals surface area contributed by atoms with Gasteiger partial charge in [-0.05, 0) is 50.1 Å². The predicted octanol–water partition coefficient (Wildman–Crippen LogP) is 4.15. The van der Waals surface area contributed by atoms with Gasteiger partial charge in [0, 0.05) is 5.69 Å². The summed E-state index contributed by atoms with van der Waals surface area (Å²) in [4.78, 5) is 16.6. The molecule has 0 bridgehead atoms. The molecule has 4 nitrogen and oxygen atoms in total. The molecule has 116 valence electrons. The topological polar surface area (TPSA) is 51.2 Å². The van der Waals surface area contributed by atoms with Gasteiger partial charge < -0.3 is 10.1 Å². The van der Waals surface area contributed by atoms with E-state index in [4.69, 9.17) is 16.3 Å². The molecule has 22 heavy (non-hydrogen) atoms. The Bertz CT molecular complexity index is 673. The summed E-state index contributed by atoms with van der Waals surface area (Å²) in [7, 11) is 0. The summed E-state index contributed by atoms with van der Waals surface area (Å²) in [6.07, 6.45) is -0.0938. The molecule has 1 atom stereocenters. The predicted molar refractivity (Wildman–Crippen MR) is 88.5 cm³/mol. The van der Waals surface area contributed by atoms with Crippen molar-refractivity contribution in [1.82, 2.24) is 4.98 Å². The van der Waals surface area contributed by atoms with Gasteiger partial charge in [-0.25, -0.2) is 4.98 Å². The van der Waals surface area contributed by atoms with Crippen LogP contribution in [-0.4, -0.2) is 17.0 Å². The highest BCUT2D eigenvalue weighted by molar-refractivity contribution is 6.32. The molecule has 0 fully saturated rings. The summed E-state index contributed by atoms with van der Waals surface area (Å²) in [6, 6.07) is 10.9. The van der Waals surface area contributed by atoms with Crippen molar-refractivity contribution in [3.8, 4) is 5.75 Å². The van der Waals surface area contributed by atoms with Crippen LogP contribution in [-0.2, 0) is 4.79 Å². The molecule has 0 spiro atoms. The Balaban J connectivity index is 2.10. The fourth-order valence-electron chi connectivity index (χ4n) is 2.00. The van der Waals surface area contributed by atoms with Crippen molar-refractivity contribution in [2.24, 2.45) is 0 Å². The number of halogens is 1. The summed E-state index contributed by atoms with van der Waals surface area (Å²) < 4.78 is 5.77. The second-order valence-electron chi connectivity index (χ2n) is 5.10. The minimum atomic E-state index is -0.624. The summed E-state index contributed by atoms with van der Waals surface area (Å²) in [6.45, 7) is 5.70. The normalized spacial score (nSPS) is 11.8. The molecule has 0 saturated carbocycles. The minimum absolute atomic E-state index is 0.238. The Morgan fingerprint density at radius 2 is 2.09 bits per heavy atom. The van der Waals surface area contributed by atoms with E-state index in [0.717, 1.165) is 11.3 Å². The van der Waals surface area contributed by atoms with Crippen LogP contribution in [0.5, 0.6) is 5.75 Å². The average molecular weight is 319 g/mol. The van der Waals surface area contributed by atoms with Gasteiger partial charge in [0.1, 0.15) is 11.6 Å². The molecular weight excluding hydrogens is 300 g/mol. The van der Waals surface area contributed by atoms with Crippen molar-refractivity contribution in [2.75, 3.05) is 5.32 Å². The number of benzene rings is 1. The van der Waals surface area contributed by atoms with E-state index in [1.807, 2.05) is 45.0 Å². The number of hydrogen-bond acceptors (Lipinski definition) is 3. The summed E-state index contributed by atoms with van der Waals surface area (Å²) >= 11 is 6.11. The number of carbonyl (C=O) groups is 1. The standard InChI is InChI=1S/C17H19ClN2O2/c1-4-14(22-15-10-11(2)8-9-13(15)18)17(21)20-16-7-5-6-12(3)19-16/h5-10,14H,4H2,1-3H3,(H,19,20,21)/t14-/m0/s1. The lowest BCUT2D eigenvalue weighted by molar-refractivity contribution is -0.122. The van der Waals surface area contributed by atoms with Crippen LogP contribution in [0.1, 0.15) is 24.6 Å². The van der Waals surface area contributed by atoms with Gasteiger partial charge in [-0.1, -0.05) is 30.7 Å². The lowest BCUT2D eigenvalue weighted by Crippen LogP contribution is -2.32. The van der Waals surface area contributed by atoms with Gasteiger partial charge >= 0.3 is 0 Å². The average Bonchev–Trinajstić information content (AvgIpc) is 2.48. The fraction of sp³-hybridized carbons (Fsp3) is 0.294. The van der Waals surface area contributed by atoms with Crippen molar-refractivity contribution in [3.63, 3.8) is 0 Å². The third-order valence-corrected chi connectivity index (χ3v) is 3.47. The van der Waals surface area contributed by atoms with Crippen molar-refractivity contribution < 1.29 is 9.53 Å². The number of carbonyl (C=O) groups excluding carboxylic acids is 1. The van der Waals surface area contributed by atoms with Gasteiger partial charge in [-0.3, -0.25) is 4.79 Å². The van der Waals surface area contributed by atoms with E-state index in [0.29, 0.717) is 23.0 Å². The molecule has 0 radical (unpaired) electrons. The Hall–Kier alpha value is -2.07. The number of aryl methyl sites for hydroxylation is 2. The van der Waals surface area contributed by atoms with Gasteiger partial charge in [0.15, 0.2) is 6.10 Å². The number of nitrogens with one attached hydrogen (secondary N) is 1. The molecule has 1 heterocycles. The maximum atomic E-state index is 12.3. The first-order valence-electron chi connectivity index (χ1n) is 7.17. The molecule has 2 rings (SSSR count). The zero-order chi connectivity index (χ0) is 16.1. The minimum Gasteiger partial charge on any atom is -0.479 e. The van der Waals surface area contributed by atoms with Gasteiger partial charge in [-0.15, -0.1) is 0 Å². The number of nitrogens with zero attached hydrogens (tertiary/aromatic N) is 1. The van der Waals surface area contributed by atoms with E-state index in [1.165, 1.54) is 0 Å². The van der Waals surface area contributed by atoms with Gasteiger partial charge in [0.25, 0.3) is 5.91 Å². The van der Waals surface area contributed by atoms with Crippen LogP contribution in [0.4, 0.5) is 5.82 Å². The summed E-state index contributed by atoms with van der Waals surface area (Å²) in [5.41, 5.74) is 1.86. The van der Waals surface area contributed by atoms with Gasteiger partial charge in [-0.2, -0.15) is 0 Å². The maximum absolute atomic E-state index is 12.3. The Morgan fingerprint density at radius 1 is 1.32 bits per heavy atom. The number of anilines is 1. The number of pyridine rings is 1. The maximum Gasteiger partial charge on any atom is 0.266 e. The first-order valence-corrected chi connectivity index (χ1v) is 7.54. The molecule has 1 N–H and O–H groups in total. The molecule has 0 aliphatic carbocycles. The lowest BCUT2D eigenvalue weighted by atomic mass is 10.2. The number of ether oxygens (including phenoxy) is 1. The highest BCUT2D eigenvalue weighted by atomic mass is 35.5. The zero-order valence-corrected chi connectivity index (χ0v) is 13.6. The Labute approximate surface area is 135 Å². The molecule has 1 aromatic heterocycles. The fourth-order valence-corrected chi connectivity index (χ4v) is 2.16. The molecule has 0 aliphatic rings. The van der Waals surface area contributed by atoms with E-state index in [9.17, 15) is 4.79 Å². The third kappa shape index (κ3) is 4.21. The van der Waals surface area contributed by atoms with Crippen LogP contribution in [0, 0.1) is 13.8 Å².